The Kier molecular flexibility index (Phi) is 4.53. The molecule has 1 aromatic carbocycles. The Bertz CT molecular complexity index is 389. The summed E-state index contributed by atoms with van der Waals surface area (Å²) in [5.41, 5.74) is 6.50. The van der Waals surface area contributed by atoms with Crippen molar-refractivity contribution in [3.05, 3.63) is 34.6 Å². The molecule has 0 radical (unpaired) electrons. The van der Waals surface area contributed by atoms with Gasteiger partial charge in [-0.3, -0.25) is 0 Å². The first-order chi connectivity index (χ1) is 7.71. The van der Waals surface area contributed by atoms with E-state index in [1.165, 1.54) is 18.2 Å². The van der Waals surface area contributed by atoms with E-state index in [0.717, 1.165) is 0 Å². The molecule has 0 unspecified atom stereocenters. The van der Waals surface area contributed by atoms with Crippen molar-refractivity contribution in [1.29, 1.82) is 0 Å². The second kappa shape index (κ2) is 5.34. The van der Waals surface area contributed by atoms with Crippen LogP contribution < -0.4 is 5.73 Å². The SMILES string of the molecule is CC(C)(C)[C@H](N)C[C@@H](O)c1ccc(F)c(Cl)c1. The highest BCUT2D eigenvalue weighted by molar-refractivity contribution is 6.30. The van der Waals surface area contributed by atoms with Crippen molar-refractivity contribution in [3.8, 4) is 0 Å². The van der Waals surface area contributed by atoms with Crippen LogP contribution in [0, 0.1) is 11.2 Å². The molecule has 0 bridgehead atoms. The van der Waals surface area contributed by atoms with Gasteiger partial charge >= 0.3 is 0 Å². The summed E-state index contributed by atoms with van der Waals surface area (Å²) in [7, 11) is 0. The lowest BCUT2D eigenvalue weighted by molar-refractivity contribution is 0.133. The Morgan fingerprint density at radius 2 is 2.00 bits per heavy atom. The highest BCUT2D eigenvalue weighted by Crippen LogP contribution is 2.28. The first-order valence-corrected chi connectivity index (χ1v) is 5.98. The molecule has 3 N–H and O–H groups in total. The van der Waals surface area contributed by atoms with E-state index in [1.54, 1.807) is 0 Å². The molecule has 0 aliphatic heterocycles. The molecule has 1 aromatic rings. The summed E-state index contributed by atoms with van der Waals surface area (Å²) in [6.07, 6.45) is -0.298. The normalized spacial score (nSPS) is 15.7. The molecule has 0 aliphatic carbocycles. The minimum atomic E-state index is -0.720. The van der Waals surface area contributed by atoms with Gasteiger partial charge in [0.15, 0.2) is 0 Å². The summed E-state index contributed by atoms with van der Waals surface area (Å²) in [6, 6.07) is 4.09. The Balaban J connectivity index is 2.76. The van der Waals surface area contributed by atoms with Crippen LogP contribution in [0.1, 0.15) is 38.9 Å². The van der Waals surface area contributed by atoms with Crippen molar-refractivity contribution in [2.24, 2.45) is 11.1 Å². The van der Waals surface area contributed by atoms with Gasteiger partial charge in [0.2, 0.25) is 0 Å². The van der Waals surface area contributed by atoms with Crippen LogP contribution in [0.5, 0.6) is 0 Å². The number of nitrogens with two attached hydrogens (primary N) is 1. The predicted molar refractivity (Wildman–Crippen MR) is 68.4 cm³/mol. The quantitative estimate of drug-likeness (QED) is 0.875. The van der Waals surface area contributed by atoms with Gasteiger partial charge < -0.3 is 10.8 Å². The van der Waals surface area contributed by atoms with Crippen molar-refractivity contribution in [2.45, 2.75) is 39.3 Å². The average molecular weight is 260 g/mol. The predicted octanol–water partition coefficient (Wildman–Crippen LogP) is 3.28. The summed E-state index contributed by atoms with van der Waals surface area (Å²) in [5, 5.41) is 10.0. The molecule has 4 heteroatoms. The van der Waals surface area contributed by atoms with Crippen LogP contribution in [-0.4, -0.2) is 11.1 Å². The molecule has 0 spiro atoms. The lowest BCUT2D eigenvalue weighted by atomic mass is 9.83. The summed E-state index contributed by atoms with van der Waals surface area (Å²) < 4.78 is 13.0. The molecule has 0 saturated heterocycles. The zero-order valence-corrected chi connectivity index (χ0v) is 11.1. The van der Waals surface area contributed by atoms with Gasteiger partial charge in [-0.15, -0.1) is 0 Å². The fraction of sp³-hybridized carbons (Fsp3) is 0.538. The summed E-state index contributed by atoms with van der Waals surface area (Å²) in [4.78, 5) is 0. The zero-order chi connectivity index (χ0) is 13.2. The van der Waals surface area contributed by atoms with Gasteiger partial charge in [-0.25, -0.2) is 4.39 Å². The van der Waals surface area contributed by atoms with E-state index in [2.05, 4.69) is 0 Å². The molecule has 0 fully saturated rings. The van der Waals surface area contributed by atoms with Gasteiger partial charge in [0.1, 0.15) is 5.82 Å². The summed E-state index contributed by atoms with van der Waals surface area (Å²) >= 11 is 5.67. The Morgan fingerprint density at radius 1 is 1.41 bits per heavy atom. The monoisotopic (exact) mass is 259 g/mol. The van der Waals surface area contributed by atoms with Gasteiger partial charge in [0, 0.05) is 6.04 Å². The molecule has 0 aromatic heterocycles. The molecule has 17 heavy (non-hydrogen) atoms. The van der Waals surface area contributed by atoms with Gasteiger partial charge in [-0.2, -0.15) is 0 Å². The Morgan fingerprint density at radius 3 is 2.47 bits per heavy atom. The lowest BCUT2D eigenvalue weighted by Crippen LogP contribution is -2.36. The van der Waals surface area contributed by atoms with E-state index in [9.17, 15) is 9.50 Å². The molecule has 96 valence electrons. The van der Waals surface area contributed by atoms with Crippen molar-refractivity contribution in [3.63, 3.8) is 0 Å². The van der Waals surface area contributed by atoms with E-state index >= 15 is 0 Å². The average Bonchev–Trinajstić information content (AvgIpc) is 2.20. The first kappa shape index (κ1) is 14.4. The largest absolute Gasteiger partial charge is 0.388 e. The number of aliphatic hydroxyl groups excluding tert-OH is 1. The fourth-order valence-corrected chi connectivity index (χ4v) is 1.64. The summed E-state index contributed by atoms with van der Waals surface area (Å²) in [5.74, 6) is -0.484. The highest BCUT2D eigenvalue weighted by Gasteiger charge is 2.24. The minimum absolute atomic E-state index is 0.0193. The standard InChI is InChI=1S/C13H19ClFNO/c1-13(2,3)12(16)7-11(17)8-4-5-10(15)9(14)6-8/h4-6,11-12,17H,7,16H2,1-3H3/t11-,12-/m1/s1. The van der Waals surface area contributed by atoms with Crippen molar-refractivity contribution >= 4 is 11.6 Å². The molecular formula is C13H19ClFNO. The number of aliphatic hydroxyl groups is 1. The van der Waals surface area contributed by atoms with Gasteiger partial charge in [0.05, 0.1) is 11.1 Å². The number of hydrogen-bond acceptors (Lipinski definition) is 2. The molecule has 1 rings (SSSR count). The highest BCUT2D eigenvalue weighted by atomic mass is 35.5. The van der Waals surface area contributed by atoms with E-state index in [0.29, 0.717) is 12.0 Å². The van der Waals surface area contributed by atoms with Crippen molar-refractivity contribution in [2.75, 3.05) is 0 Å². The second-order valence-electron chi connectivity index (χ2n) is 5.40. The Hall–Kier alpha value is -0.640. The molecule has 0 amide bonds. The van der Waals surface area contributed by atoms with E-state index < -0.39 is 11.9 Å². The fourth-order valence-electron chi connectivity index (χ4n) is 1.45. The van der Waals surface area contributed by atoms with Crippen LogP contribution >= 0.6 is 11.6 Å². The third-order valence-electron chi connectivity index (χ3n) is 2.92. The number of hydrogen-bond donors (Lipinski definition) is 2. The number of rotatable bonds is 3. The minimum Gasteiger partial charge on any atom is -0.388 e. The molecule has 2 nitrogen and oxygen atoms in total. The molecular weight excluding hydrogens is 241 g/mol. The van der Waals surface area contributed by atoms with E-state index in [1.807, 2.05) is 20.8 Å². The van der Waals surface area contributed by atoms with E-state index in [-0.39, 0.29) is 16.5 Å². The maximum absolute atomic E-state index is 13.0. The maximum atomic E-state index is 13.0. The first-order valence-electron chi connectivity index (χ1n) is 5.60. The van der Waals surface area contributed by atoms with Gasteiger partial charge in [0.25, 0.3) is 0 Å². The lowest BCUT2D eigenvalue weighted by Gasteiger charge is -2.29. The molecule has 2 atom stereocenters. The van der Waals surface area contributed by atoms with Crippen LogP contribution in [0.25, 0.3) is 0 Å². The molecule has 0 saturated carbocycles. The molecule has 0 heterocycles. The smallest absolute Gasteiger partial charge is 0.141 e. The third-order valence-corrected chi connectivity index (χ3v) is 3.21. The van der Waals surface area contributed by atoms with Crippen LogP contribution in [-0.2, 0) is 0 Å². The van der Waals surface area contributed by atoms with Crippen LogP contribution in [0.3, 0.4) is 0 Å². The molecule has 0 aliphatic rings. The van der Waals surface area contributed by atoms with E-state index in [4.69, 9.17) is 17.3 Å². The maximum Gasteiger partial charge on any atom is 0.141 e. The van der Waals surface area contributed by atoms with Crippen molar-refractivity contribution < 1.29 is 9.50 Å². The topological polar surface area (TPSA) is 46.2 Å². The van der Waals surface area contributed by atoms with Crippen LogP contribution in [0.4, 0.5) is 4.39 Å². The van der Waals surface area contributed by atoms with Gasteiger partial charge in [-0.1, -0.05) is 38.4 Å². The third kappa shape index (κ3) is 3.95. The van der Waals surface area contributed by atoms with Gasteiger partial charge in [-0.05, 0) is 29.5 Å². The van der Waals surface area contributed by atoms with Crippen LogP contribution in [0.15, 0.2) is 18.2 Å². The zero-order valence-electron chi connectivity index (χ0n) is 10.4. The number of halogens is 2. The Labute approximate surface area is 107 Å². The second-order valence-corrected chi connectivity index (χ2v) is 5.80. The van der Waals surface area contributed by atoms with Crippen molar-refractivity contribution in [1.82, 2.24) is 0 Å². The number of benzene rings is 1. The van der Waals surface area contributed by atoms with Crippen LogP contribution in [0.2, 0.25) is 5.02 Å². The summed E-state index contributed by atoms with van der Waals surface area (Å²) in [6.45, 7) is 6.05.